The molecule has 0 bridgehead atoms. The average molecular weight is 511 g/mol. The van der Waals surface area contributed by atoms with Gasteiger partial charge in [-0.3, -0.25) is 9.36 Å². The highest BCUT2D eigenvalue weighted by atomic mass is 35.5. The molecule has 9 heteroatoms. The summed E-state index contributed by atoms with van der Waals surface area (Å²) in [5.74, 6) is 1.49. The van der Waals surface area contributed by atoms with Crippen LogP contribution < -0.4 is 20.7 Å². The molecule has 1 N–H and O–H groups in total. The molecule has 2 atom stereocenters. The molecule has 36 heavy (non-hydrogen) atoms. The first kappa shape index (κ1) is 26.0. The molecular weight excluding hydrogens is 476 g/mol. The summed E-state index contributed by atoms with van der Waals surface area (Å²) >= 11 is 6.66. The Hall–Kier alpha value is -3.10. The van der Waals surface area contributed by atoms with Crippen molar-refractivity contribution in [1.29, 1.82) is 0 Å². The van der Waals surface area contributed by atoms with Gasteiger partial charge in [0.2, 0.25) is 0 Å². The van der Waals surface area contributed by atoms with Crippen LogP contribution >= 0.6 is 11.6 Å². The van der Waals surface area contributed by atoms with Gasteiger partial charge in [0, 0.05) is 57.8 Å². The van der Waals surface area contributed by atoms with Crippen LogP contribution in [0.3, 0.4) is 0 Å². The van der Waals surface area contributed by atoms with Gasteiger partial charge in [0.15, 0.2) is 0 Å². The third kappa shape index (κ3) is 5.20. The number of aryl methyl sites for hydroxylation is 1. The molecule has 0 aliphatic carbocycles. The first-order valence-corrected chi connectivity index (χ1v) is 12.9. The van der Waals surface area contributed by atoms with E-state index in [2.05, 4.69) is 15.2 Å². The molecule has 1 aromatic carbocycles. The molecule has 1 aliphatic heterocycles. The Morgan fingerprint density at radius 1 is 1.17 bits per heavy atom. The van der Waals surface area contributed by atoms with Crippen molar-refractivity contribution in [2.75, 3.05) is 48.9 Å². The van der Waals surface area contributed by atoms with Crippen molar-refractivity contribution in [2.24, 2.45) is 0 Å². The highest BCUT2D eigenvalue weighted by Gasteiger charge is 2.35. The lowest BCUT2D eigenvalue weighted by Gasteiger charge is -2.23. The lowest BCUT2D eigenvalue weighted by molar-refractivity contribution is 0.0719. The summed E-state index contributed by atoms with van der Waals surface area (Å²) in [6, 6.07) is 11.6. The van der Waals surface area contributed by atoms with Crippen molar-refractivity contribution in [2.45, 2.75) is 45.9 Å². The van der Waals surface area contributed by atoms with Crippen LogP contribution in [0, 0.1) is 0 Å². The molecule has 192 valence electrons. The summed E-state index contributed by atoms with van der Waals surface area (Å²) in [4.78, 5) is 27.4. The van der Waals surface area contributed by atoms with Gasteiger partial charge in [-0.25, -0.2) is 9.97 Å². The van der Waals surface area contributed by atoms with Crippen LogP contribution in [0.5, 0.6) is 0 Å². The lowest BCUT2D eigenvalue weighted by Crippen LogP contribution is -2.38. The third-order valence-electron chi connectivity index (χ3n) is 6.56. The molecule has 0 amide bonds. The van der Waals surface area contributed by atoms with Crippen LogP contribution in [-0.4, -0.2) is 60.5 Å². The molecule has 0 unspecified atom stereocenters. The fourth-order valence-corrected chi connectivity index (χ4v) is 4.93. The Morgan fingerprint density at radius 2 is 1.97 bits per heavy atom. The van der Waals surface area contributed by atoms with E-state index in [-0.39, 0.29) is 17.7 Å². The standard InChI is InChI=1S/C27H35ClN6O2/c1-6-21-25(30-22-16-33(17-23(22)36-8-3)24-11-9-10-14-29-24)27(35)34(7-2)26(31-21)19-13-12-18(32(4)5)15-20(19)28/h9-15,22-23,30H,6-8,16-17H2,1-5H3/t22-,23-/m1/s1. The van der Waals surface area contributed by atoms with Gasteiger partial charge in [-0.15, -0.1) is 0 Å². The Balaban J connectivity index is 1.71. The summed E-state index contributed by atoms with van der Waals surface area (Å²) in [5.41, 5.74) is 2.89. The van der Waals surface area contributed by atoms with E-state index < -0.39 is 0 Å². The average Bonchev–Trinajstić information content (AvgIpc) is 3.28. The number of rotatable bonds is 9. The van der Waals surface area contributed by atoms with Gasteiger partial charge in [0.05, 0.1) is 22.9 Å². The van der Waals surface area contributed by atoms with E-state index in [1.54, 1.807) is 10.8 Å². The molecule has 3 aromatic rings. The van der Waals surface area contributed by atoms with Gasteiger partial charge in [-0.05, 0) is 50.6 Å². The zero-order valence-corrected chi connectivity index (χ0v) is 22.4. The van der Waals surface area contributed by atoms with Gasteiger partial charge in [-0.1, -0.05) is 24.6 Å². The first-order chi connectivity index (χ1) is 17.4. The Kier molecular flexibility index (Phi) is 8.16. The molecular formula is C27H35ClN6O2. The number of hydrogen-bond donors (Lipinski definition) is 1. The highest BCUT2D eigenvalue weighted by Crippen LogP contribution is 2.31. The van der Waals surface area contributed by atoms with Gasteiger partial charge in [0.1, 0.15) is 17.3 Å². The number of hydrogen-bond acceptors (Lipinski definition) is 7. The zero-order chi connectivity index (χ0) is 25.8. The Labute approximate surface area is 217 Å². The molecule has 1 aliphatic rings. The minimum absolute atomic E-state index is 0.0779. The van der Waals surface area contributed by atoms with E-state index in [0.29, 0.717) is 49.2 Å². The summed E-state index contributed by atoms with van der Waals surface area (Å²) in [5, 5.41) is 4.09. The van der Waals surface area contributed by atoms with E-state index >= 15 is 0 Å². The number of nitrogens with one attached hydrogen (secondary N) is 1. The molecule has 2 aromatic heterocycles. The summed E-state index contributed by atoms with van der Waals surface area (Å²) in [6.07, 6.45) is 2.32. The topological polar surface area (TPSA) is 75.5 Å². The zero-order valence-electron chi connectivity index (χ0n) is 21.7. The second-order valence-electron chi connectivity index (χ2n) is 9.06. The molecule has 1 fully saturated rings. The van der Waals surface area contributed by atoms with E-state index in [9.17, 15) is 4.79 Å². The molecule has 4 rings (SSSR count). The van der Waals surface area contributed by atoms with Crippen molar-refractivity contribution < 1.29 is 4.74 Å². The minimum atomic E-state index is -0.0985. The number of ether oxygens (including phenoxy) is 1. The summed E-state index contributed by atoms with van der Waals surface area (Å²) in [6.45, 7) is 8.40. The van der Waals surface area contributed by atoms with Gasteiger partial charge in [0.25, 0.3) is 5.56 Å². The lowest BCUT2D eigenvalue weighted by atomic mass is 10.1. The fourth-order valence-electron chi connectivity index (χ4n) is 4.67. The largest absolute Gasteiger partial charge is 0.378 e. The molecule has 0 radical (unpaired) electrons. The van der Waals surface area contributed by atoms with Gasteiger partial charge >= 0.3 is 0 Å². The predicted octanol–water partition coefficient (Wildman–Crippen LogP) is 4.31. The Bertz CT molecular complexity index is 1250. The van der Waals surface area contributed by atoms with Crippen molar-refractivity contribution in [3.63, 3.8) is 0 Å². The van der Waals surface area contributed by atoms with Crippen LogP contribution in [0.2, 0.25) is 5.02 Å². The van der Waals surface area contributed by atoms with Crippen LogP contribution in [0.25, 0.3) is 11.4 Å². The quantitative estimate of drug-likeness (QED) is 0.459. The monoisotopic (exact) mass is 510 g/mol. The molecule has 1 saturated heterocycles. The number of anilines is 3. The van der Waals surface area contributed by atoms with E-state index in [1.807, 2.05) is 76.2 Å². The number of nitrogens with zero attached hydrogens (tertiary/aromatic N) is 5. The van der Waals surface area contributed by atoms with Gasteiger partial charge in [-0.2, -0.15) is 0 Å². The second-order valence-corrected chi connectivity index (χ2v) is 9.46. The van der Waals surface area contributed by atoms with Crippen LogP contribution in [0.15, 0.2) is 47.4 Å². The fraction of sp³-hybridized carbons (Fsp3) is 0.444. The summed E-state index contributed by atoms with van der Waals surface area (Å²) < 4.78 is 7.76. The number of aromatic nitrogens is 3. The summed E-state index contributed by atoms with van der Waals surface area (Å²) in [7, 11) is 3.93. The number of pyridine rings is 1. The molecule has 0 spiro atoms. The van der Waals surface area contributed by atoms with Crippen molar-refractivity contribution in [1.82, 2.24) is 14.5 Å². The number of benzene rings is 1. The first-order valence-electron chi connectivity index (χ1n) is 12.5. The molecule has 3 heterocycles. The second kappa shape index (κ2) is 11.3. The van der Waals surface area contributed by atoms with Crippen molar-refractivity contribution in [3.8, 4) is 11.4 Å². The van der Waals surface area contributed by atoms with E-state index in [0.717, 1.165) is 22.8 Å². The van der Waals surface area contributed by atoms with Crippen LogP contribution in [-0.2, 0) is 17.7 Å². The smallest absolute Gasteiger partial charge is 0.277 e. The molecule has 8 nitrogen and oxygen atoms in total. The maximum Gasteiger partial charge on any atom is 0.277 e. The Morgan fingerprint density at radius 3 is 2.58 bits per heavy atom. The van der Waals surface area contributed by atoms with Gasteiger partial charge < -0.3 is 19.9 Å². The molecule has 0 saturated carbocycles. The van der Waals surface area contributed by atoms with Crippen LogP contribution in [0.4, 0.5) is 17.2 Å². The normalized spacial score (nSPS) is 17.4. The predicted molar refractivity (Wildman–Crippen MR) is 148 cm³/mol. The van der Waals surface area contributed by atoms with E-state index in [4.69, 9.17) is 21.3 Å². The van der Waals surface area contributed by atoms with E-state index in [1.165, 1.54) is 0 Å². The van der Waals surface area contributed by atoms with Crippen molar-refractivity contribution in [3.05, 3.63) is 63.7 Å². The maximum atomic E-state index is 13.8. The van der Waals surface area contributed by atoms with Crippen LogP contribution in [0.1, 0.15) is 26.5 Å². The SMILES string of the molecule is CCO[C@@H]1CN(c2ccccn2)C[C@H]1Nc1c(CC)nc(-c2ccc(N(C)C)cc2Cl)n(CC)c1=O. The number of halogens is 1. The minimum Gasteiger partial charge on any atom is -0.378 e. The third-order valence-corrected chi connectivity index (χ3v) is 6.87. The van der Waals surface area contributed by atoms with Crippen molar-refractivity contribution >= 4 is 28.8 Å². The maximum absolute atomic E-state index is 13.8. The highest BCUT2D eigenvalue weighted by molar-refractivity contribution is 6.33.